The van der Waals surface area contributed by atoms with Crippen molar-refractivity contribution in [3.8, 4) is 6.07 Å². The molecule has 0 bridgehead atoms. The van der Waals surface area contributed by atoms with E-state index >= 15 is 0 Å². The second kappa shape index (κ2) is 7.46. The number of anilines is 2. The average molecular weight is 453 g/mol. The zero-order valence-corrected chi connectivity index (χ0v) is 18.7. The maximum Gasteiger partial charge on any atom is 0.261 e. The second-order valence-electron chi connectivity index (χ2n) is 8.52. The fraction of sp³-hybridized carbons (Fsp3) is 0.409. The van der Waals surface area contributed by atoms with Crippen molar-refractivity contribution in [2.24, 2.45) is 5.92 Å². The van der Waals surface area contributed by atoms with Crippen LogP contribution in [0.2, 0.25) is 0 Å². The van der Waals surface area contributed by atoms with Gasteiger partial charge in [-0.3, -0.25) is 9.48 Å². The Morgan fingerprint density at radius 2 is 2.03 bits per heavy atom. The van der Waals surface area contributed by atoms with Gasteiger partial charge in [0.05, 0.1) is 28.4 Å². The van der Waals surface area contributed by atoms with E-state index in [2.05, 4.69) is 16.4 Å². The van der Waals surface area contributed by atoms with Gasteiger partial charge in [-0.1, -0.05) is 12.8 Å². The van der Waals surface area contributed by atoms with Gasteiger partial charge in [0, 0.05) is 25.0 Å². The molecular weight excluding hydrogens is 428 g/mol. The minimum Gasteiger partial charge on any atom is -0.338 e. The summed E-state index contributed by atoms with van der Waals surface area (Å²) in [5, 5.41) is 18.0. The zero-order chi connectivity index (χ0) is 22.6. The minimum atomic E-state index is -3.48. The third kappa shape index (κ3) is 3.04. The van der Waals surface area contributed by atoms with Crippen LogP contribution in [-0.2, 0) is 10.0 Å². The van der Waals surface area contributed by atoms with E-state index in [0.717, 1.165) is 25.7 Å². The average Bonchev–Trinajstić information content (AvgIpc) is 3.24. The number of aromatic amines is 1. The van der Waals surface area contributed by atoms with Gasteiger partial charge in [-0.25, -0.2) is 8.42 Å². The van der Waals surface area contributed by atoms with Crippen LogP contribution in [0.3, 0.4) is 0 Å². The first-order valence-corrected chi connectivity index (χ1v) is 12.2. The summed E-state index contributed by atoms with van der Waals surface area (Å²) in [6.45, 7) is 1.84. The van der Waals surface area contributed by atoms with Crippen LogP contribution in [0.4, 0.5) is 11.5 Å². The number of pyridine rings is 1. The summed E-state index contributed by atoms with van der Waals surface area (Å²) in [5.41, 5.74) is 1.76. The topological polar surface area (TPSA) is 124 Å². The fourth-order valence-corrected chi connectivity index (χ4v) is 6.49. The van der Waals surface area contributed by atoms with Gasteiger partial charge in [0.15, 0.2) is 5.82 Å². The van der Waals surface area contributed by atoms with E-state index in [1.165, 1.54) is 4.31 Å². The Hall–Kier alpha value is -3.16. The van der Waals surface area contributed by atoms with Gasteiger partial charge in [0.2, 0.25) is 10.0 Å². The van der Waals surface area contributed by atoms with Crippen molar-refractivity contribution in [2.45, 2.75) is 49.6 Å². The van der Waals surface area contributed by atoms with Gasteiger partial charge in [-0.2, -0.15) is 14.7 Å². The minimum absolute atomic E-state index is 0.0903. The summed E-state index contributed by atoms with van der Waals surface area (Å²) in [6, 6.07) is 8.91. The van der Waals surface area contributed by atoms with E-state index in [-0.39, 0.29) is 23.6 Å². The standard InChI is InChI=1S/C22H24N6O3S/c1-13-16-11-15(7-8-19(16)32(30,31)27(13)2)25-21-20-18(9-10-24-22(20)29)28(26-21)17-6-4-3-5-14(17)12-23/h7-11,13-14,17H,3-6H2,1-2H3,(H,24,29)(H,25,26). The first-order valence-electron chi connectivity index (χ1n) is 10.7. The molecule has 0 spiro atoms. The molecule has 1 fully saturated rings. The number of nitrogens with one attached hydrogen (secondary N) is 2. The molecule has 2 aromatic heterocycles. The molecular formula is C22H24N6O3S. The zero-order valence-electron chi connectivity index (χ0n) is 17.9. The van der Waals surface area contributed by atoms with Crippen molar-refractivity contribution in [2.75, 3.05) is 12.4 Å². The fourth-order valence-electron chi connectivity index (χ4n) is 4.88. The molecule has 1 saturated carbocycles. The number of benzene rings is 1. The first-order chi connectivity index (χ1) is 15.3. The van der Waals surface area contributed by atoms with Gasteiger partial charge in [-0.15, -0.1) is 0 Å². The van der Waals surface area contributed by atoms with E-state index in [9.17, 15) is 18.5 Å². The number of hydrogen-bond donors (Lipinski definition) is 2. The molecule has 32 heavy (non-hydrogen) atoms. The first kappa shape index (κ1) is 20.7. The molecule has 3 unspecified atom stereocenters. The van der Waals surface area contributed by atoms with E-state index in [1.54, 1.807) is 31.4 Å². The Morgan fingerprint density at radius 1 is 1.25 bits per heavy atom. The van der Waals surface area contributed by atoms with E-state index in [4.69, 9.17) is 5.10 Å². The Labute approximate surface area is 185 Å². The molecule has 5 rings (SSSR count). The van der Waals surface area contributed by atoms with Gasteiger partial charge >= 0.3 is 0 Å². The molecule has 166 valence electrons. The quantitative estimate of drug-likeness (QED) is 0.627. The predicted molar refractivity (Wildman–Crippen MR) is 120 cm³/mol. The summed E-state index contributed by atoms with van der Waals surface area (Å²) >= 11 is 0. The van der Waals surface area contributed by atoms with Crippen molar-refractivity contribution >= 4 is 32.4 Å². The summed E-state index contributed by atoms with van der Waals surface area (Å²) < 4.78 is 28.2. The van der Waals surface area contributed by atoms with Gasteiger partial charge < -0.3 is 10.3 Å². The van der Waals surface area contributed by atoms with E-state index < -0.39 is 10.0 Å². The van der Waals surface area contributed by atoms with Crippen LogP contribution in [0.15, 0.2) is 40.2 Å². The molecule has 10 heteroatoms. The Balaban J connectivity index is 1.60. The van der Waals surface area contributed by atoms with Crippen molar-refractivity contribution in [1.29, 1.82) is 5.26 Å². The molecule has 3 atom stereocenters. The maximum absolute atomic E-state index is 12.7. The number of nitriles is 1. The largest absolute Gasteiger partial charge is 0.338 e. The van der Waals surface area contributed by atoms with Crippen LogP contribution in [0.25, 0.3) is 10.9 Å². The maximum atomic E-state index is 12.7. The third-order valence-corrected chi connectivity index (χ3v) is 8.77. The Kier molecular flexibility index (Phi) is 4.83. The number of nitrogens with zero attached hydrogens (tertiary/aromatic N) is 4. The highest BCUT2D eigenvalue weighted by Gasteiger charge is 2.37. The van der Waals surface area contributed by atoms with Crippen LogP contribution in [0.5, 0.6) is 0 Å². The SMILES string of the molecule is CC1c2cc(Nc3nn(C4CCCCC4C#N)c4cc[nH]c(=O)c34)ccc2S(=O)(=O)N1C. The highest BCUT2D eigenvalue weighted by molar-refractivity contribution is 7.89. The highest BCUT2D eigenvalue weighted by atomic mass is 32.2. The summed E-state index contributed by atoms with van der Waals surface area (Å²) in [6.07, 6.45) is 5.28. The lowest BCUT2D eigenvalue weighted by Gasteiger charge is -2.27. The van der Waals surface area contributed by atoms with Crippen molar-refractivity contribution in [3.63, 3.8) is 0 Å². The van der Waals surface area contributed by atoms with Crippen LogP contribution >= 0.6 is 0 Å². The molecule has 9 nitrogen and oxygen atoms in total. The van der Waals surface area contributed by atoms with E-state index in [0.29, 0.717) is 32.9 Å². The number of H-pyrrole nitrogens is 1. The number of sulfonamides is 1. The van der Waals surface area contributed by atoms with Gasteiger partial charge in [0.1, 0.15) is 5.39 Å². The molecule has 3 heterocycles. The number of rotatable bonds is 3. The third-order valence-electron chi connectivity index (χ3n) is 6.76. The van der Waals surface area contributed by atoms with Crippen LogP contribution in [0, 0.1) is 17.2 Å². The predicted octanol–water partition coefficient (Wildman–Crippen LogP) is 3.42. The highest BCUT2D eigenvalue weighted by Crippen LogP contribution is 2.40. The molecule has 3 aromatic rings. The van der Waals surface area contributed by atoms with Gasteiger partial charge in [0.25, 0.3) is 5.56 Å². The van der Waals surface area contributed by atoms with Crippen molar-refractivity contribution < 1.29 is 8.42 Å². The summed E-state index contributed by atoms with van der Waals surface area (Å²) in [4.78, 5) is 15.7. The van der Waals surface area contributed by atoms with Crippen LogP contribution < -0.4 is 10.9 Å². The van der Waals surface area contributed by atoms with Crippen LogP contribution in [-0.4, -0.2) is 34.5 Å². The van der Waals surface area contributed by atoms with E-state index in [1.807, 2.05) is 17.7 Å². The summed E-state index contributed by atoms with van der Waals surface area (Å²) in [5.74, 6) is 0.242. The number of fused-ring (bicyclic) bond motifs is 2. The summed E-state index contributed by atoms with van der Waals surface area (Å²) in [7, 11) is -1.92. The lowest BCUT2D eigenvalue weighted by molar-refractivity contribution is 0.277. The van der Waals surface area contributed by atoms with Crippen molar-refractivity contribution in [1.82, 2.24) is 19.1 Å². The molecule has 1 aliphatic heterocycles. The number of hydrogen-bond acceptors (Lipinski definition) is 6. The molecule has 1 aliphatic carbocycles. The van der Waals surface area contributed by atoms with Crippen LogP contribution in [0.1, 0.15) is 50.3 Å². The lowest BCUT2D eigenvalue weighted by Crippen LogP contribution is -2.23. The normalized spacial score (nSPS) is 24.8. The molecule has 0 radical (unpaired) electrons. The Morgan fingerprint density at radius 3 is 2.81 bits per heavy atom. The van der Waals surface area contributed by atoms with Gasteiger partial charge in [-0.05, 0) is 49.6 Å². The number of aromatic nitrogens is 3. The molecule has 0 saturated heterocycles. The van der Waals surface area contributed by atoms with Crippen molar-refractivity contribution in [3.05, 3.63) is 46.4 Å². The molecule has 1 aromatic carbocycles. The molecule has 2 N–H and O–H groups in total. The monoisotopic (exact) mass is 452 g/mol. The smallest absolute Gasteiger partial charge is 0.261 e. The lowest BCUT2D eigenvalue weighted by atomic mass is 9.85. The second-order valence-corrected chi connectivity index (χ2v) is 10.5. The molecule has 2 aliphatic rings. The Bertz CT molecular complexity index is 1420. The molecule has 0 amide bonds.